The lowest BCUT2D eigenvalue weighted by molar-refractivity contribution is 0.132. The molecule has 0 N–H and O–H groups in total. The number of fused-ring (bicyclic) bond motifs is 1. The molecule has 2 aromatic heterocycles. The first kappa shape index (κ1) is 17.1. The Hall–Kier alpha value is -2.34. The monoisotopic (exact) mass is 401 g/mol. The maximum atomic E-state index is 6.01. The van der Waals surface area contributed by atoms with Crippen molar-refractivity contribution in [1.82, 2.24) is 9.38 Å². The van der Waals surface area contributed by atoms with Crippen LogP contribution in [0.5, 0.6) is 0 Å². The van der Waals surface area contributed by atoms with Gasteiger partial charge in [-0.2, -0.15) is 0 Å². The largest absolute Gasteiger partial charge is 0.391 e. The summed E-state index contributed by atoms with van der Waals surface area (Å²) in [7, 11) is 0. The van der Waals surface area contributed by atoms with Crippen LogP contribution >= 0.6 is 34.5 Å². The Morgan fingerprint density at radius 2 is 1.96 bits per heavy atom. The quantitative estimate of drug-likeness (QED) is 0.307. The lowest BCUT2D eigenvalue weighted by atomic mass is 10.1. The molecule has 2 heterocycles. The molecular formula is C19H13Cl2N3OS. The summed E-state index contributed by atoms with van der Waals surface area (Å²) in [4.78, 5) is 11.0. The molecule has 7 heteroatoms. The van der Waals surface area contributed by atoms with Crippen LogP contribution in [0.4, 0.5) is 0 Å². The van der Waals surface area contributed by atoms with Gasteiger partial charge in [-0.1, -0.05) is 64.8 Å². The van der Waals surface area contributed by atoms with Crippen LogP contribution in [0.3, 0.4) is 0 Å². The van der Waals surface area contributed by atoms with E-state index in [-0.39, 0.29) is 0 Å². The number of benzene rings is 2. The van der Waals surface area contributed by atoms with Crippen LogP contribution in [0.15, 0.2) is 65.3 Å². The predicted octanol–water partition coefficient (Wildman–Crippen LogP) is 5.92. The molecule has 26 heavy (non-hydrogen) atoms. The van der Waals surface area contributed by atoms with Crippen molar-refractivity contribution in [3.05, 3.63) is 81.4 Å². The topological polar surface area (TPSA) is 38.9 Å². The number of hydrogen-bond acceptors (Lipinski definition) is 4. The van der Waals surface area contributed by atoms with E-state index in [4.69, 9.17) is 33.0 Å². The number of hydrogen-bond donors (Lipinski definition) is 0. The minimum absolute atomic E-state index is 0.305. The smallest absolute Gasteiger partial charge is 0.194 e. The number of thiazole rings is 1. The summed E-state index contributed by atoms with van der Waals surface area (Å²) in [5, 5.41) is 7.13. The number of halogens is 2. The van der Waals surface area contributed by atoms with Crippen LogP contribution in [-0.2, 0) is 11.4 Å². The molecule has 2 aromatic carbocycles. The SMILES string of the molecule is Clc1ccc(CON=Cc2c(-c3ccccc3)nc3sccn23)cc1Cl. The molecule has 0 aliphatic heterocycles. The fraction of sp³-hybridized carbons (Fsp3) is 0.0526. The molecule has 0 amide bonds. The average molecular weight is 402 g/mol. The Bertz CT molecular complexity index is 1070. The van der Waals surface area contributed by atoms with Crippen LogP contribution in [0.1, 0.15) is 11.3 Å². The fourth-order valence-corrected chi connectivity index (χ4v) is 3.61. The molecule has 130 valence electrons. The Morgan fingerprint density at radius 3 is 2.77 bits per heavy atom. The molecule has 4 rings (SSSR count). The van der Waals surface area contributed by atoms with Gasteiger partial charge in [0.15, 0.2) is 4.96 Å². The van der Waals surface area contributed by atoms with Gasteiger partial charge in [-0.3, -0.25) is 4.40 Å². The first-order valence-corrected chi connectivity index (χ1v) is 9.46. The van der Waals surface area contributed by atoms with Gasteiger partial charge in [0.25, 0.3) is 0 Å². The van der Waals surface area contributed by atoms with Gasteiger partial charge >= 0.3 is 0 Å². The van der Waals surface area contributed by atoms with E-state index >= 15 is 0 Å². The van der Waals surface area contributed by atoms with E-state index in [1.165, 1.54) is 0 Å². The van der Waals surface area contributed by atoms with Gasteiger partial charge in [0.1, 0.15) is 6.61 Å². The summed E-state index contributed by atoms with van der Waals surface area (Å²) >= 11 is 13.5. The van der Waals surface area contributed by atoms with Crippen LogP contribution < -0.4 is 0 Å². The molecule has 0 radical (unpaired) electrons. The highest BCUT2D eigenvalue weighted by molar-refractivity contribution is 7.15. The predicted molar refractivity (Wildman–Crippen MR) is 107 cm³/mol. The summed E-state index contributed by atoms with van der Waals surface area (Å²) in [5.41, 5.74) is 3.68. The molecule has 4 nitrogen and oxygen atoms in total. The molecule has 0 saturated carbocycles. The van der Waals surface area contributed by atoms with Gasteiger partial charge in [0.05, 0.1) is 27.6 Å². The average Bonchev–Trinajstić information content (AvgIpc) is 3.24. The standard InChI is InChI=1S/C19H13Cl2N3OS/c20-15-7-6-13(10-16(15)21)12-25-22-11-17-18(14-4-2-1-3-5-14)23-19-24(17)8-9-26-19/h1-11H,12H2. The van der Waals surface area contributed by atoms with Crippen LogP contribution in [0.2, 0.25) is 10.0 Å². The minimum Gasteiger partial charge on any atom is -0.391 e. The van der Waals surface area contributed by atoms with Gasteiger partial charge in [0, 0.05) is 17.1 Å². The number of oxime groups is 1. The van der Waals surface area contributed by atoms with Gasteiger partial charge in [0.2, 0.25) is 0 Å². The van der Waals surface area contributed by atoms with Crippen molar-refractivity contribution >= 4 is 45.7 Å². The van der Waals surface area contributed by atoms with Crippen LogP contribution in [0, 0.1) is 0 Å². The van der Waals surface area contributed by atoms with Crippen molar-refractivity contribution < 1.29 is 4.84 Å². The van der Waals surface area contributed by atoms with Crippen molar-refractivity contribution in [2.45, 2.75) is 6.61 Å². The molecule has 0 atom stereocenters. The third-order valence-electron chi connectivity index (χ3n) is 3.81. The second kappa shape index (κ2) is 7.50. The maximum absolute atomic E-state index is 6.01. The summed E-state index contributed by atoms with van der Waals surface area (Å²) in [6.45, 7) is 0.305. The summed E-state index contributed by atoms with van der Waals surface area (Å²) in [5.74, 6) is 0. The molecule has 0 fully saturated rings. The zero-order chi connectivity index (χ0) is 17.9. The molecule has 4 aromatic rings. The molecule has 0 aliphatic rings. The molecule has 0 bridgehead atoms. The Morgan fingerprint density at radius 1 is 1.12 bits per heavy atom. The highest BCUT2D eigenvalue weighted by Crippen LogP contribution is 2.26. The highest BCUT2D eigenvalue weighted by atomic mass is 35.5. The summed E-state index contributed by atoms with van der Waals surface area (Å²) in [6.07, 6.45) is 3.66. The highest BCUT2D eigenvalue weighted by Gasteiger charge is 2.13. The Balaban J connectivity index is 1.57. The number of imidazole rings is 1. The number of nitrogens with zero attached hydrogens (tertiary/aromatic N) is 3. The van der Waals surface area contributed by atoms with E-state index in [0.717, 1.165) is 27.5 Å². The third-order valence-corrected chi connectivity index (χ3v) is 5.31. The van der Waals surface area contributed by atoms with Crippen molar-refractivity contribution in [2.75, 3.05) is 0 Å². The second-order valence-corrected chi connectivity index (χ2v) is 7.21. The van der Waals surface area contributed by atoms with Gasteiger partial charge in [-0.15, -0.1) is 11.3 Å². The number of rotatable bonds is 5. The first-order valence-electron chi connectivity index (χ1n) is 7.82. The van der Waals surface area contributed by atoms with E-state index in [9.17, 15) is 0 Å². The maximum Gasteiger partial charge on any atom is 0.194 e. The zero-order valence-corrected chi connectivity index (χ0v) is 15.8. The van der Waals surface area contributed by atoms with E-state index in [2.05, 4.69) is 5.16 Å². The normalized spacial score (nSPS) is 11.5. The summed E-state index contributed by atoms with van der Waals surface area (Å²) < 4.78 is 2.00. The fourth-order valence-electron chi connectivity index (χ4n) is 2.56. The van der Waals surface area contributed by atoms with Gasteiger partial charge in [-0.05, 0) is 17.7 Å². The molecule has 0 saturated heterocycles. The molecular weight excluding hydrogens is 389 g/mol. The lowest BCUT2D eigenvalue weighted by Gasteiger charge is -2.02. The van der Waals surface area contributed by atoms with E-state index in [1.807, 2.05) is 52.4 Å². The van der Waals surface area contributed by atoms with E-state index < -0.39 is 0 Å². The molecule has 0 unspecified atom stereocenters. The van der Waals surface area contributed by atoms with Crippen molar-refractivity contribution in [2.24, 2.45) is 5.16 Å². The van der Waals surface area contributed by atoms with Crippen LogP contribution in [0.25, 0.3) is 16.2 Å². The van der Waals surface area contributed by atoms with Crippen LogP contribution in [-0.4, -0.2) is 15.6 Å². The lowest BCUT2D eigenvalue weighted by Crippen LogP contribution is -1.93. The van der Waals surface area contributed by atoms with E-state index in [0.29, 0.717) is 16.7 Å². The van der Waals surface area contributed by atoms with Crippen molar-refractivity contribution in [3.8, 4) is 11.3 Å². The van der Waals surface area contributed by atoms with Gasteiger partial charge < -0.3 is 4.84 Å². The zero-order valence-electron chi connectivity index (χ0n) is 13.5. The van der Waals surface area contributed by atoms with Crippen molar-refractivity contribution in [1.29, 1.82) is 0 Å². The third kappa shape index (κ3) is 3.46. The second-order valence-electron chi connectivity index (χ2n) is 5.52. The van der Waals surface area contributed by atoms with E-state index in [1.54, 1.807) is 29.7 Å². The molecule has 0 aliphatic carbocycles. The number of aromatic nitrogens is 2. The Kier molecular flexibility index (Phi) is 4.93. The first-order chi connectivity index (χ1) is 12.7. The summed E-state index contributed by atoms with van der Waals surface area (Å²) in [6, 6.07) is 15.4. The van der Waals surface area contributed by atoms with Gasteiger partial charge in [-0.25, -0.2) is 4.98 Å². The van der Waals surface area contributed by atoms with Crippen molar-refractivity contribution in [3.63, 3.8) is 0 Å². The molecule has 0 spiro atoms. The minimum atomic E-state index is 0.305. The Labute approximate surface area is 164 Å².